The summed E-state index contributed by atoms with van der Waals surface area (Å²) in [5, 5.41) is 7.28. The molecule has 128 valence electrons. The number of carbonyl (C=O) groups excluding carboxylic acids is 1. The number of nitrogens with zero attached hydrogens (tertiary/aromatic N) is 3. The lowest BCUT2D eigenvalue weighted by Gasteiger charge is -2.32. The summed E-state index contributed by atoms with van der Waals surface area (Å²) in [5.41, 5.74) is 4.34. The molecule has 1 fully saturated rings. The first kappa shape index (κ1) is 16.6. The van der Waals surface area contributed by atoms with E-state index in [4.69, 9.17) is 0 Å². The van der Waals surface area contributed by atoms with Gasteiger partial charge in [0.25, 0.3) is 5.91 Å². The van der Waals surface area contributed by atoms with Crippen LogP contribution in [0.2, 0.25) is 0 Å². The molecule has 0 atom stereocenters. The van der Waals surface area contributed by atoms with E-state index in [9.17, 15) is 4.79 Å². The first-order chi connectivity index (χ1) is 11.5. The van der Waals surface area contributed by atoms with Gasteiger partial charge in [0, 0.05) is 37.2 Å². The number of rotatable bonds is 3. The first-order valence-electron chi connectivity index (χ1n) is 8.62. The van der Waals surface area contributed by atoms with E-state index in [1.807, 2.05) is 33.0 Å². The van der Waals surface area contributed by atoms with Gasteiger partial charge in [-0.15, -0.1) is 0 Å². The normalized spacial score (nSPS) is 15.6. The molecule has 2 heterocycles. The Morgan fingerprint density at radius 1 is 1.17 bits per heavy atom. The minimum absolute atomic E-state index is 0.0994. The van der Waals surface area contributed by atoms with Crippen LogP contribution in [0.25, 0.3) is 0 Å². The maximum absolute atomic E-state index is 12.5. The Morgan fingerprint density at radius 3 is 2.33 bits per heavy atom. The number of nitrogens with one attached hydrogen (secondary N) is 1. The number of carbonyl (C=O) groups is 1. The summed E-state index contributed by atoms with van der Waals surface area (Å²) in [7, 11) is 1.85. The van der Waals surface area contributed by atoms with Crippen LogP contribution in [-0.4, -0.2) is 28.8 Å². The molecule has 1 N–H and O–H groups in total. The first-order valence-corrected chi connectivity index (χ1v) is 8.62. The molecule has 1 aromatic heterocycles. The molecule has 5 nitrogen and oxygen atoms in total. The highest BCUT2D eigenvalue weighted by Crippen LogP contribution is 2.24. The molecular formula is C19H26N4O. The van der Waals surface area contributed by atoms with E-state index >= 15 is 0 Å². The molecule has 5 heteroatoms. The van der Waals surface area contributed by atoms with Crippen molar-refractivity contribution >= 4 is 17.3 Å². The average molecular weight is 326 g/mol. The zero-order valence-corrected chi connectivity index (χ0v) is 15.0. The minimum atomic E-state index is -0.0994. The second kappa shape index (κ2) is 6.67. The molecular weight excluding hydrogens is 300 g/mol. The zero-order valence-electron chi connectivity index (χ0n) is 15.0. The van der Waals surface area contributed by atoms with Crippen molar-refractivity contribution in [3.8, 4) is 0 Å². The molecule has 0 radical (unpaired) electrons. The van der Waals surface area contributed by atoms with Crippen LogP contribution in [0.5, 0.6) is 0 Å². The van der Waals surface area contributed by atoms with E-state index in [0.717, 1.165) is 36.1 Å². The molecule has 0 aliphatic carbocycles. The van der Waals surface area contributed by atoms with E-state index in [2.05, 4.69) is 34.4 Å². The third-order valence-corrected chi connectivity index (χ3v) is 5.01. The number of anilines is 2. The van der Waals surface area contributed by atoms with Gasteiger partial charge in [-0.05, 0) is 56.9 Å². The van der Waals surface area contributed by atoms with Gasteiger partial charge >= 0.3 is 0 Å². The van der Waals surface area contributed by atoms with Crippen LogP contribution in [0.1, 0.15) is 41.5 Å². The molecule has 0 saturated carbocycles. The SMILES string of the molecule is Cc1nn(C)c(C)c1C(=O)Nc1ccc(N2CCC(C)CC2)cc1. The lowest BCUT2D eigenvalue weighted by molar-refractivity contribution is 0.102. The second-order valence-corrected chi connectivity index (χ2v) is 6.84. The van der Waals surface area contributed by atoms with Crippen LogP contribution >= 0.6 is 0 Å². The van der Waals surface area contributed by atoms with Gasteiger partial charge in [-0.25, -0.2) is 0 Å². The number of aromatic nitrogens is 2. The van der Waals surface area contributed by atoms with Crippen LogP contribution in [0.15, 0.2) is 24.3 Å². The van der Waals surface area contributed by atoms with Crippen molar-refractivity contribution in [2.24, 2.45) is 13.0 Å². The van der Waals surface area contributed by atoms with Gasteiger partial charge in [0.2, 0.25) is 0 Å². The van der Waals surface area contributed by atoms with Crippen molar-refractivity contribution in [2.45, 2.75) is 33.6 Å². The van der Waals surface area contributed by atoms with Gasteiger partial charge in [0.05, 0.1) is 11.3 Å². The fraction of sp³-hybridized carbons (Fsp3) is 0.474. The third kappa shape index (κ3) is 3.30. The Labute approximate surface area is 143 Å². The van der Waals surface area contributed by atoms with E-state index in [-0.39, 0.29) is 5.91 Å². The standard InChI is InChI=1S/C19H26N4O/c1-13-9-11-23(12-10-13)17-7-5-16(6-8-17)20-19(24)18-14(2)21-22(4)15(18)3/h5-8,13H,9-12H2,1-4H3,(H,20,24). The monoisotopic (exact) mass is 326 g/mol. The van der Waals surface area contributed by atoms with Gasteiger partial charge in [0.15, 0.2) is 0 Å². The maximum atomic E-state index is 12.5. The van der Waals surface area contributed by atoms with Gasteiger partial charge in [-0.3, -0.25) is 9.48 Å². The summed E-state index contributed by atoms with van der Waals surface area (Å²) in [6.45, 7) is 8.32. The summed E-state index contributed by atoms with van der Waals surface area (Å²) >= 11 is 0. The van der Waals surface area contributed by atoms with Gasteiger partial charge in [0.1, 0.15) is 0 Å². The molecule has 0 bridgehead atoms. The van der Waals surface area contributed by atoms with Crippen molar-refractivity contribution in [2.75, 3.05) is 23.3 Å². The summed E-state index contributed by atoms with van der Waals surface area (Å²) in [6, 6.07) is 8.14. The van der Waals surface area contributed by atoms with Crippen LogP contribution in [0.3, 0.4) is 0 Å². The predicted molar refractivity (Wildman–Crippen MR) is 97.7 cm³/mol. The number of hydrogen-bond donors (Lipinski definition) is 1. The highest BCUT2D eigenvalue weighted by molar-refractivity contribution is 6.05. The number of piperidine rings is 1. The largest absolute Gasteiger partial charge is 0.372 e. The van der Waals surface area contributed by atoms with Gasteiger partial charge < -0.3 is 10.2 Å². The quantitative estimate of drug-likeness (QED) is 0.939. The maximum Gasteiger partial charge on any atom is 0.259 e. The van der Waals surface area contributed by atoms with Crippen molar-refractivity contribution in [3.63, 3.8) is 0 Å². The summed E-state index contributed by atoms with van der Waals surface area (Å²) in [6.07, 6.45) is 2.50. The molecule has 24 heavy (non-hydrogen) atoms. The van der Waals surface area contributed by atoms with Crippen LogP contribution in [-0.2, 0) is 7.05 Å². The molecule has 2 aromatic rings. The molecule has 1 aromatic carbocycles. The number of hydrogen-bond acceptors (Lipinski definition) is 3. The number of amides is 1. The lowest BCUT2D eigenvalue weighted by Crippen LogP contribution is -2.32. The topological polar surface area (TPSA) is 50.2 Å². The fourth-order valence-corrected chi connectivity index (χ4v) is 3.32. The van der Waals surface area contributed by atoms with Crippen molar-refractivity contribution < 1.29 is 4.79 Å². The summed E-state index contributed by atoms with van der Waals surface area (Å²) in [4.78, 5) is 14.9. The van der Waals surface area contributed by atoms with E-state index in [1.54, 1.807) is 4.68 Å². The molecule has 3 rings (SSSR count). The average Bonchev–Trinajstić information content (AvgIpc) is 2.81. The highest BCUT2D eigenvalue weighted by atomic mass is 16.1. The minimum Gasteiger partial charge on any atom is -0.372 e. The zero-order chi connectivity index (χ0) is 17.3. The molecule has 1 aliphatic heterocycles. The molecule has 1 saturated heterocycles. The second-order valence-electron chi connectivity index (χ2n) is 6.84. The third-order valence-electron chi connectivity index (χ3n) is 5.01. The number of benzene rings is 1. The summed E-state index contributed by atoms with van der Waals surface area (Å²) < 4.78 is 1.74. The fourth-order valence-electron chi connectivity index (χ4n) is 3.32. The van der Waals surface area contributed by atoms with Crippen molar-refractivity contribution in [3.05, 3.63) is 41.2 Å². The van der Waals surface area contributed by atoms with E-state index < -0.39 is 0 Å². The smallest absolute Gasteiger partial charge is 0.259 e. The highest BCUT2D eigenvalue weighted by Gasteiger charge is 2.18. The van der Waals surface area contributed by atoms with E-state index in [0.29, 0.717) is 5.56 Å². The Balaban J connectivity index is 1.69. The summed E-state index contributed by atoms with van der Waals surface area (Å²) in [5.74, 6) is 0.725. The molecule has 0 spiro atoms. The van der Waals surface area contributed by atoms with E-state index in [1.165, 1.54) is 18.5 Å². The van der Waals surface area contributed by atoms with Crippen molar-refractivity contribution in [1.29, 1.82) is 0 Å². The number of aryl methyl sites for hydroxylation is 2. The molecule has 0 unspecified atom stereocenters. The predicted octanol–water partition coefficient (Wildman–Crippen LogP) is 3.53. The van der Waals surface area contributed by atoms with Crippen LogP contribution in [0, 0.1) is 19.8 Å². The van der Waals surface area contributed by atoms with Crippen LogP contribution < -0.4 is 10.2 Å². The Morgan fingerprint density at radius 2 is 1.79 bits per heavy atom. The van der Waals surface area contributed by atoms with Crippen molar-refractivity contribution in [1.82, 2.24) is 9.78 Å². The molecule has 1 amide bonds. The Kier molecular flexibility index (Phi) is 4.60. The Bertz CT molecular complexity index is 725. The Hall–Kier alpha value is -2.30. The van der Waals surface area contributed by atoms with Gasteiger partial charge in [-0.1, -0.05) is 6.92 Å². The molecule has 1 aliphatic rings. The lowest BCUT2D eigenvalue weighted by atomic mass is 9.99. The van der Waals surface area contributed by atoms with Gasteiger partial charge in [-0.2, -0.15) is 5.10 Å². The van der Waals surface area contributed by atoms with Crippen LogP contribution in [0.4, 0.5) is 11.4 Å².